The van der Waals surface area contributed by atoms with Gasteiger partial charge in [0.1, 0.15) is 25.0 Å². The van der Waals surface area contributed by atoms with Crippen LogP contribution in [0.15, 0.2) is 36.1 Å². The second-order valence-electron chi connectivity index (χ2n) is 10.5. The van der Waals surface area contributed by atoms with Gasteiger partial charge in [-0.1, -0.05) is 12.1 Å². The predicted molar refractivity (Wildman–Crippen MR) is 147 cm³/mol. The van der Waals surface area contributed by atoms with Gasteiger partial charge >= 0.3 is 17.9 Å². The molecule has 1 amide bonds. The highest BCUT2D eigenvalue weighted by molar-refractivity contribution is 5.97. The third kappa shape index (κ3) is 7.89. The molecule has 3 aliphatic rings. The number of carbonyl (C=O) groups is 4. The van der Waals surface area contributed by atoms with Crippen molar-refractivity contribution in [2.45, 2.75) is 84.0 Å². The number of carbonyl (C=O) groups excluding carboxylic acids is 4. The monoisotopic (exact) mass is 587 g/mol. The smallest absolute Gasteiger partial charge is 0.303 e. The lowest BCUT2D eigenvalue weighted by atomic mass is 9.82. The Morgan fingerprint density at radius 2 is 1.50 bits per heavy atom. The zero-order valence-electron chi connectivity index (χ0n) is 24.3. The number of ether oxygens (including phenoxy) is 7. The molecule has 6 atom stereocenters. The fourth-order valence-electron chi connectivity index (χ4n) is 4.93. The molecular weight excluding hydrogens is 550 g/mol. The van der Waals surface area contributed by atoms with Crippen molar-refractivity contribution in [3.8, 4) is 11.5 Å². The Bertz CT molecular complexity index is 1240. The van der Waals surface area contributed by atoms with Crippen molar-refractivity contribution in [3.63, 3.8) is 0 Å². The number of rotatable bonds is 11. The van der Waals surface area contributed by atoms with Crippen molar-refractivity contribution in [1.29, 1.82) is 0 Å². The second-order valence-corrected chi connectivity index (χ2v) is 10.5. The van der Waals surface area contributed by atoms with Gasteiger partial charge in [0.2, 0.25) is 5.91 Å². The molecule has 3 fully saturated rings. The first-order chi connectivity index (χ1) is 20.1. The SMILES string of the molecule is C/C=C/Oc1cc(/C=C(\C)C(=O)N[C@H]2[C@@H](OC(C)=O)[C@@H]3OCO[C@@H]3[C@H](OC(C)=O)[C@H]2OC(C)=O)ccc1OCC1CC1. The molecule has 228 valence electrons. The van der Waals surface area contributed by atoms with E-state index in [0.29, 0.717) is 29.6 Å². The molecule has 1 aromatic carbocycles. The van der Waals surface area contributed by atoms with Crippen molar-refractivity contribution in [3.05, 3.63) is 41.7 Å². The summed E-state index contributed by atoms with van der Waals surface area (Å²) in [5.74, 6) is -0.877. The van der Waals surface area contributed by atoms with Gasteiger partial charge in [0.05, 0.1) is 12.9 Å². The van der Waals surface area contributed by atoms with Gasteiger partial charge in [-0.25, -0.2) is 0 Å². The summed E-state index contributed by atoms with van der Waals surface area (Å²) < 4.78 is 39.5. The third-order valence-corrected chi connectivity index (χ3v) is 6.94. The molecule has 1 N–H and O–H groups in total. The molecule has 0 aromatic heterocycles. The van der Waals surface area contributed by atoms with Crippen LogP contribution in [0.1, 0.15) is 53.0 Å². The van der Waals surface area contributed by atoms with Gasteiger partial charge in [-0.2, -0.15) is 0 Å². The van der Waals surface area contributed by atoms with Crippen LogP contribution in [0.3, 0.4) is 0 Å². The van der Waals surface area contributed by atoms with Crippen molar-refractivity contribution < 1.29 is 52.3 Å². The Hall–Kier alpha value is -3.90. The summed E-state index contributed by atoms with van der Waals surface area (Å²) in [5, 5.41) is 2.81. The van der Waals surface area contributed by atoms with E-state index in [-0.39, 0.29) is 12.4 Å². The molecule has 2 aliphatic carbocycles. The molecule has 0 unspecified atom stereocenters. The normalized spacial score (nSPS) is 27.1. The molecule has 2 saturated carbocycles. The number of nitrogens with one attached hydrogen (secondary N) is 1. The van der Waals surface area contributed by atoms with Crippen molar-refractivity contribution in [2.24, 2.45) is 5.92 Å². The molecule has 4 rings (SSSR count). The predicted octanol–water partition coefficient (Wildman–Crippen LogP) is 2.83. The molecule has 1 saturated heterocycles. The van der Waals surface area contributed by atoms with Crippen LogP contribution in [0.2, 0.25) is 0 Å². The third-order valence-electron chi connectivity index (χ3n) is 6.94. The Morgan fingerprint density at radius 3 is 2.12 bits per heavy atom. The summed E-state index contributed by atoms with van der Waals surface area (Å²) in [6.07, 6.45) is 1.98. The Balaban J connectivity index is 1.60. The maximum Gasteiger partial charge on any atom is 0.303 e. The van der Waals surface area contributed by atoms with Crippen LogP contribution >= 0.6 is 0 Å². The maximum absolute atomic E-state index is 13.5. The zero-order chi connectivity index (χ0) is 30.4. The van der Waals surface area contributed by atoms with Crippen LogP contribution in [0.4, 0.5) is 0 Å². The number of hydrogen-bond donors (Lipinski definition) is 1. The topological polar surface area (TPSA) is 145 Å². The fourth-order valence-corrected chi connectivity index (χ4v) is 4.93. The van der Waals surface area contributed by atoms with E-state index in [4.69, 9.17) is 33.2 Å². The zero-order valence-corrected chi connectivity index (χ0v) is 24.3. The van der Waals surface area contributed by atoms with E-state index < -0.39 is 60.4 Å². The van der Waals surface area contributed by atoms with E-state index in [1.54, 1.807) is 43.5 Å². The lowest BCUT2D eigenvalue weighted by Gasteiger charge is -2.45. The quantitative estimate of drug-likeness (QED) is 0.177. The highest BCUT2D eigenvalue weighted by atomic mass is 16.7. The fraction of sp³-hybridized carbons (Fsp3) is 0.533. The number of esters is 3. The molecule has 12 heteroatoms. The van der Waals surface area contributed by atoms with Gasteiger partial charge in [0.25, 0.3) is 0 Å². The van der Waals surface area contributed by atoms with Crippen LogP contribution in [-0.4, -0.2) is 73.8 Å². The van der Waals surface area contributed by atoms with E-state index in [1.807, 2.05) is 6.92 Å². The summed E-state index contributed by atoms with van der Waals surface area (Å²) in [6, 6.07) is 4.21. The Labute approximate surface area is 244 Å². The molecule has 1 aromatic rings. The van der Waals surface area contributed by atoms with Crippen LogP contribution in [0.25, 0.3) is 6.08 Å². The summed E-state index contributed by atoms with van der Waals surface area (Å²) in [6.45, 7) is 7.46. The summed E-state index contributed by atoms with van der Waals surface area (Å²) in [7, 11) is 0. The second kappa shape index (κ2) is 13.8. The van der Waals surface area contributed by atoms with Crippen molar-refractivity contribution >= 4 is 29.9 Å². The lowest BCUT2D eigenvalue weighted by Crippen LogP contribution is -2.70. The highest BCUT2D eigenvalue weighted by Crippen LogP contribution is 2.36. The first-order valence-corrected chi connectivity index (χ1v) is 13.9. The Morgan fingerprint density at radius 1 is 0.881 bits per heavy atom. The van der Waals surface area contributed by atoms with Gasteiger partial charge < -0.3 is 38.5 Å². The van der Waals surface area contributed by atoms with Gasteiger partial charge in [0, 0.05) is 26.3 Å². The number of allylic oxidation sites excluding steroid dienone is 1. The van der Waals surface area contributed by atoms with E-state index in [1.165, 1.54) is 20.8 Å². The number of benzene rings is 1. The molecule has 42 heavy (non-hydrogen) atoms. The highest BCUT2D eigenvalue weighted by Gasteiger charge is 2.59. The number of hydrogen-bond acceptors (Lipinski definition) is 11. The largest absolute Gasteiger partial charge is 0.489 e. The maximum atomic E-state index is 13.5. The summed E-state index contributed by atoms with van der Waals surface area (Å²) >= 11 is 0. The molecule has 0 radical (unpaired) electrons. The van der Waals surface area contributed by atoms with Crippen LogP contribution in [0.5, 0.6) is 11.5 Å². The van der Waals surface area contributed by atoms with Gasteiger partial charge in [-0.3, -0.25) is 19.2 Å². The number of fused-ring (bicyclic) bond motifs is 1. The first kappa shape index (κ1) is 31.0. The van der Waals surface area contributed by atoms with E-state index >= 15 is 0 Å². The molecule has 12 nitrogen and oxygen atoms in total. The van der Waals surface area contributed by atoms with Crippen LogP contribution in [-0.2, 0) is 42.9 Å². The van der Waals surface area contributed by atoms with E-state index in [2.05, 4.69) is 5.32 Å². The first-order valence-electron chi connectivity index (χ1n) is 13.9. The van der Waals surface area contributed by atoms with Crippen molar-refractivity contribution in [1.82, 2.24) is 5.32 Å². The molecular formula is C30H37NO11. The van der Waals surface area contributed by atoms with Gasteiger partial charge in [-0.15, -0.1) is 0 Å². The number of amides is 1. The molecule has 1 heterocycles. The Kier molecular flexibility index (Phi) is 10.2. The average molecular weight is 588 g/mol. The molecule has 0 spiro atoms. The van der Waals surface area contributed by atoms with Crippen molar-refractivity contribution in [2.75, 3.05) is 13.4 Å². The van der Waals surface area contributed by atoms with Gasteiger partial charge in [-0.05, 0) is 56.4 Å². The van der Waals surface area contributed by atoms with Crippen LogP contribution in [0, 0.1) is 5.92 Å². The summed E-state index contributed by atoms with van der Waals surface area (Å²) in [4.78, 5) is 49.6. The standard InChI is InChI=1S/C30H37NO11/c1-6-11-36-23-13-21(9-10-22(23)37-14-20-7-8-20)12-16(2)30(35)31-24-25(40-17(3)32)27-28(39-15-38-27)29(42-19(5)34)26(24)41-18(4)33/h6,9-13,20,24-29H,7-8,14-15H2,1-5H3,(H,31,35)/b11-6+,16-12+/t24-,25+,26-,27-,28-,29+/m0/s1. The molecule has 1 aliphatic heterocycles. The van der Waals surface area contributed by atoms with E-state index in [0.717, 1.165) is 12.8 Å². The minimum absolute atomic E-state index is 0.171. The minimum atomic E-state index is -1.24. The van der Waals surface area contributed by atoms with Gasteiger partial charge in [0.15, 0.2) is 29.8 Å². The lowest BCUT2D eigenvalue weighted by molar-refractivity contribution is -0.205. The minimum Gasteiger partial charge on any atom is -0.489 e. The average Bonchev–Trinajstić information content (AvgIpc) is 3.63. The summed E-state index contributed by atoms with van der Waals surface area (Å²) in [5.41, 5.74) is 0.958. The van der Waals surface area contributed by atoms with E-state index in [9.17, 15) is 19.2 Å². The molecule has 0 bridgehead atoms. The van der Waals surface area contributed by atoms with Crippen LogP contribution < -0.4 is 14.8 Å².